The molecule has 1 N–H and O–H groups in total. The summed E-state index contributed by atoms with van der Waals surface area (Å²) >= 11 is 0. The molecule has 1 aromatic carbocycles. The summed E-state index contributed by atoms with van der Waals surface area (Å²) in [5.74, 6) is 0. The van der Waals surface area contributed by atoms with Crippen LogP contribution >= 0.6 is 0 Å². The molecule has 160 valence electrons. The van der Waals surface area contributed by atoms with Gasteiger partial charge in [0.25, 0.3) is 0 Å². The van der Waals surface area contributed by atoms with Gasteiger partial charge in [0, 0.05) is 30.9 Å². The van der Waals surface area contributed by atoms with Crippen molar-refractivity contribution >= 4 is 12.4 Å². The zero-order valence-electron chi connectivity index (χ0n) is 18.3. The van der Waals surface area contributed by atoms with Gasteiger partial charge in [0.1, 0.15) is 0 Å². The minimum Gasteiger partial charge on any atom is -0.299 e. The number of aromatic nitrogens is 1. The van der Waals surface area contributed by atoms with Gasteiger partial charge >= 0.3 is 0 Å². The smallest absolute Gasteiger partial charge is 0.0906 e. The average Bonchev–Trinajstić information content (AvgIpc) is 3.31. The molecule has 0 spiro atoms. The number of pyridine rings is 1. The molecule has 5 nitrogen and oxygen atoms in total. The number of nitrogens with zero attached hydrogens (tertiary/aromatic N) is 4. The number of hydrogen-bond acceptors (Lipinski definition) is 5. The van der Waals surface area contributed by atoms with Crippen LogP contribution in [0, 0.1) is 0 Å². The molecule has 5 heteroatoms. The summed E-state index contributed by atoms with van der Waals surface area (Å²) < 4.78 is 0. The molecule has 0 bridgehead atoms. The van der Waals surface area contributed by atoms with E-state index in [4.69, 9.17) is 0 Å². The fourth-order valence-electron chi connectivity index (χ4n) is 3.65. The topological polar surface area (TPSA) is 52.9 Å². The lowest BCUT2D eigenvalue weighted by atomic mass is 10.0. The van der Waals surface area contributed by atoms with Crippen molar-refractivity contribution < 1.29 is 0 Å². The Morgan fingerprint density at radius 2 is 1.94 bits per heavy atom. The second kappa shape index (κ2) is 11.8. The lowest BCUT2D eigenvalue weighted by Crippen LogP contribution is -2.18. The Hall–Kier alpha value is -3.31. The summed E-state index contributed by atoms with van der Waals surface area (Å²) in [6.07, 6.45) is 12.4. The highest BCUT2D eigenvalue weighted by Crippen LogP contribution is 2.21. The van der Waals surface area contributed by atoms with E-state index in [2.05, 4.69) is 69.0 Å². The van der Waals surface area contributed by atoms with Gasteiger partial charge in [-0.3, -0.25) is 20.3 Å². The Labute approximate surface area is 185 Å². The van der Waals surface area contributed by atoms with Crippen LogP contribution in [0.4, 0.5) is 0 Å². The first-order valence-corrected chi connectivity index (χ1v) is 10.7. The largest absolute Gasteiger partial charge is 0.299 e. The van der Waals surface area contributed by atoms with Crippen LogP contribution in [0.5, 0.6) is 0 Å². The number of hydrogen-bond donors (Lipinski definition) is 1. The van der Waals surface area contributed by atoms with E-state index in [9.17, 15) is 0 Å². The second-order valence-electron chi connectivity index (χ2n) is 7.53. The van der Waals surface area contributed by atoms with Crippen molar-refractivity contribution in [2.75, 3.05) is 13.1 Å². The van der Waals surface area contributed by atoms with Crippen LogP contribution < -0.4 is 5.43 Å². The number of likely N-dealkylation sites (tertiary alicyclic amines) is 1. The molecule has 1 aromatic heterocycles. The summed E-state index contributed by atoms with van der Waals surface area (Å²) in [6, 6.07) is 12.9. The number of benzene rings is 1. The zero-order chi connectivity index (χ0) is 21.9. The lowest BCUT2D eigenvalue weighted by Gasteiger charge is -2.14. The number of hydrazone groups is 1. The van der Waals surface area contributed by atoms with Gasteiger partial charge in [0.2, 0.25) is 0 Å². The van der Waals surface area contributed by atoms with E-state index in [-0.39, 0.29) is 0 Å². The van der Waals surface area contributed by atoms with Crippen LogP contribution in [0.3, 0.4) is 0 Å². The van der Waals surface area contributed by atoms with E-state index in [0.29, 0.717) is 6.42 Å². The molecule has 0 radical (unpaired) electrons. The molecule has 0 amide bonds. The van der Waals surface area contributed by atoms with E-state index in [0.717, 1.165) is 34.8 Å². The molecule has 3 rings (SSSR count). The Bertz CT molecular complexity index is 964. The Morgan fingerprint density at radius 3 is 2.61 bits per heavy atom. The molecule has 0 saturated carbocycles. The molecule has 1 aliphatic rings. The maximum absolute atomic E-state index is 4.58. The van der Waals surface area contributed by atoms with E-state index < -0.39 is 0 Å². The molecular weight excluding hydrogens is 382 g/mol. The third-order valence-electron chi connectivity index (χ3n) is 5.25. The predicted octanol–water partition coefficient (Wildman–Crippen LogP) is 5.14. The third kappa shape index (κ3) is 6.59. The van der Waals surface area contributed by atoms with Crippen LogP contribution in [0.2, 0.25) is 0 Å². The summed E-state index contributed by atoms with van der Waals surface area (Å²) in [4.78, 5) is 11.2. The maximum atomic E-state index is 4.58. The molecule has 1 aliphatic heterocycles. The Morgan fingerprint density at radius 1 is 1.16 bits per heavy atom. The fraction of sp³-hybridized carbons (Fsp3) is 0.269. The van der Waals surface area contributed by atoms with Gasteiger partial charge in [-0.2, -0.15) is 5.10 Å². The van der Waals surface area contributed by atoms with Crippen molar-refractivity contribution in [3.8, 4) is 11.3 Å². The third-order valence-corrected chi connectivity index (χ3v) is 5.25. The Kier molecular flexibility index (Phi) is 8.49. The van der Waals surface area contributed by atoms with Gasteiger partial charge in [-0.1, -0.05) is 43.0 Å². The molecule has 1 fully saturated rings. The van der Waals surface area contributed by atoms with Crippen molar-refractivity contribution in [3.05, 3.63) is 90.4 Å². The van der Waals surface area contributed by atoms with E-state index in [1.807, 2.05) is 37.4 Å². The van der Waals surface area contributed by atoms with Gasteiger partial charge in [-0.25, -0.2) is 0 Å². The van der Waals surface area contributed by atoms with Gasteiger partial charge in [-0.05, 0) is 68.9 Å². The first-order valence-electron chi connectivity index (χ1n) is 10.7. The normalized spacial score (nSPS) is 15.4. The Balaban J connectivity index is 1.77. The van der Waals surface area contributed by atoms with E-state index >= 15 is 0 Å². The summed E-state index contributed by atoms with van der Waals surface area (Å²) in [7, 11) is 0. The van der Waals surface area contributed by atoms with Gasteiger partial charge in [0.05, 0.1) is 17.1 Å². The van der Waals surface area contributed by atoms with Crippen LogP contribution in [0.25, 0.3) is 11.3 Å². The van der Waals surface area contributed by atoms with E-state index in [1.165, 1.54) is 37.7 Å². The van der Waals surface area contributed by atoms with Gasteiger partial charge < -0.3 is 0 Å². The molecule has 1 saturated heterocycles. The lowest BCUT2D eigenvalue weighted by molar-refractivity contribution is 0.331. The second-order valence-corrected chi connectivity index (χ2v) is 7.53. The van der Waals surface area contributed by atoms with Crippen molar-refractivity contribution in [1.82, 2.24) is 15.3 Å². The summed E-state index contributed by atoms with van der Waals surface area (Å²) in [6.45, 7) is 12.8. The van der Waals surface area contributed by atoms with Crippen LogP contribution in [-0.2, 0) is 13.0 Å². The molecular formula is C26H31N5. The molecule has 0 unspecified atom stereocenters. The van der Waals surface area contributed by atoms with Crippen LogP contribution in [0.15, 0.2) is 89.4 Å². The highest BCUT2D eigenvalue weighted by Gasteiger charge is 2.12. The first-order chi connectivity index (χ1) is 15.2. The number of nitrogens with one attached hydrogen (secondary N) is 1. The van der Waals surface area contributed by atoms with Crippen molar-refractivity contribution in [2.45, 2.75) is 32.7 Å². The average molecular weight is 414 g/mol. The zero-order valence-corrected chi connectivity index (χ0v) is 18.3. The van der Waals surface area contributed by atoms with E-state index in [1.54, 1.807) is 0 Å². The first kappa shape index (κ1) is 22.4. The van der Waals surface area contributed by atoms with Crippen LogP contribution in [0.1, 0.15) is 30.9 Å². The van der Waals surface area contributed by atoms with Gasteiger partial charge in [0.15, 0.2) is 0 Å². The molecule has 2 heterocycles. The molecule has 0 atom stereocenters. The standard InChI is InChI=1S/C26H31N5/c1-4-6-9-24(27-3)26(30-29-5-2)19-22-14-15-28-25(18-22)23-12-10-21(11-13-23)20-31-16-7-8-17-31/h4-6,9-15,18,29H,2-3,7-8,16-17,19-20H2,1H3/b6-4-,24-9-,30-26+. The monoisotopic (exact) mass is 413 g/mol. The molecule has 2 aromatic rings. The maximum Gasteiger partial charge on any atom is 0.0906 e. The van der Waals surface area contributed by atoms with Gasteiger partial charge in [-0.15, -0.1) is 0 Å². The highest BCUT2D eigenvalue weighted by molar-refractivity contribution is 6.01. The molecule has 31 heavy (non-hydrogen) atoms. The number of aliphatic imine (C=N–C) groups is 1. The summed E-state index contributed by atoms with van der Waals surface area (Å²) in [5, 5.41) is 4.41. The van der Waals surface area contributed by atoms with Crippen molar-refractivity contribution in [3.63, 3.8) is 0 Å². The fourth-order valence-corrected chi connectivity index (χ4v) is 3.65. The highest BCUT2D eigenvalue weighted by atomic mass is 15.3. The van der Waals surface area contributed by atoms with Crippen molar-refractivity contribution in [2.24, 2.45) is 10.1 Å². The SMILES string of the molecule is C=CN/N=C(Cc1ccnc(-c2ccc(CN3CCCC3)cc2)c1)/C(=C/C=C\C)N=C. The number of rotatable bonds is 10. The van der Waals surface area contributed by atoms with Crippen LogP contribution in [-0.4, -0.2) is 35.4 Å². The minimum absolute atomic E-state index is 0.603. The molecule has 0 aliphatic carbocycles. The number of allylic oxidation sites excluding steroid dienone is 4. The predicted molar refractivity (Wildman–Crippen MR) is 131 cm³/mol. The summed E-state index contributed by atoms with van der Waals surface area (Å²) in [5.41, 5.74) is 8.84. The minimum atomic E-state index is 0.603. The van der Waals surface area contributed by atoms with Crippen molar-refractivity contribution in [1.29, 1.82) is 0 Å². The quantitative estimate of drug-likeness (QED) is 0.333.